The van der Waals surface area contributed by atoms with Gasteiger partial charge < -0.3 is 9.64 Å². The summed E-state index contributed by atoms with van der Waals surface area (Å²) in [5.41, 5.74) is 1.31. The summed E-state index contributed by atoms with van der Waals surface area (Å²) in [6.07, 6.45) is 4.20. The molecule has 2 saturated heterocycles. The lowest BCUT2D eigenvalue weighted by Gasteiger charge is -2.19. The molecule has 2 aliphatic rings. The fourth-order valence-electron chi connectivity index (χ4n) is 3.33. The second kappa shape index (κ2) is 5.33. The van der Waals surface area contributed by atoms with Gasteiger partial charge in [0.05, 0.1) is 12.0 Å². The number of ether oxygens (including phenoxy) is 1. The molecule has 3 nitrogen and oxygen atoms in total. The predicted molar refractivity (Wildman–Crippen MR) is 73.8 cm³/mol. The van der Waals surface area contributed by atoms with Crippen LogP contribution in [0.25, 0.3) is 0 Å². The van der Waals surface area contributed by atoms with Crippen molar-refractivity contribution in [3.05, 3.63) is 35.9 Å². The van der Waals surface area contributed by atoms with E-state index in [1.54, 1.807) is 0 Å². The fraction of sp³-hybridized carbons (Fsp3) is 0.562. The highest BCUT2D eigenvalue weighted by Gasteiger charge is 2.42. The van der Waals surface area contributed by atoms with Gasteiger partial charge in [0.1, 0.15) is 0 Å². The Morgan fingerprint density at radius 2 is 2.11 bits per heavy atom. The Kier molecular flexibility index (Phi) is 3.56. The summed E-state index contributed by atoms with van der Waals surface area (Å²) in [5.74, 6) is 0.356. The van der Waals surface area contributed by atoms with E-state index in [0.29, 0.717) is 6.04 Å². The molecule has 3 heteroatoms. The first-order chi connectivity index (χ1) is 9.25. The van der Waals surface area contributed by atoms with Crippen LogP contribution in [0.3, 0.4) is 0 Å². The maximum atomic E-state index is 12.3. The van der Waals surface area contributed by atoms with Gasteiger partial charge in [0.2, 0.25) is 5.91 Å². The summed E-state index contributed by atoms with van der Waals surface area (Å²) in [6.45, 7) is 0.821. The Hall–Kier alpha value is -1.35. The maximum absolute atomic E-state index is 12.3. The molecule has 3 rings (SSSR count). The molecule has 2 heterocycles. The lowest BCUT2D eigenvalue weighted by molar-refractivity contribution is -0.133. The minimum absolute atomic E-state index is 0.0845. The van der Waals surface area contributed by atoms with Gasteiger partial charge in [-0.15, -0.1) is 0 Å². The van der Waals surface area contributed by atoms with Crippen LogP contribution < -0.4 is 0 Å². The molecular formula is C16H21NO2. The minimum atomic E-state index is 0.0845. The first-order valence-corrected chi connectivity index (χ1v) is 7.18. The molecule has 2 fully saturated rings. The third-order valence-corrected chi connectivity index (χ3v) is 4.47. The zero-order valence-corrected chi connectivity index (χ0v) is 11.4. The number of hydrogen-bond acceptors (Lipinski definition) is 2. The Morgan fingerprint density at radius 3 is 2.79 bits per heavy atom. The van der Waals surface area contributed by atoms with E-state index in [2.05, 4.69) is 24.3 Å². The van der Waals surface area contributed by atoms with Crippen LogP contribution in [0, 0.1) is 5.92 Å². The standard InChI is InChI=1S/C16H21NO2/c1-17-13(10-12-6-3-2-4-7-12)11-14(16(17)18)15-8-5-9-19-15/h2-4,6-7,13-15H,5,8-11H2,1H3/t13-,14?,15?/m0/s1. The molecule has 19 heavy (non-hydrogen) atoms. The summed E-state index contributed by atoms with van der Waals surface area (Å²) >= 11 is 0. The van der Waals surface area contributed by atoms with Crippen molar-refractivity contribution in [3.63, 3.8) is 0 Å². The summed E-state index contributed by atoms with van der Waals surface area (Å²) in [7, 11) is 1.94. The van der Waals surface area contributed by atoms with Gasteiger partial charge in [-0.2, -0.15) is 0 Å². The van der Waals surface area contributed by atoms with E-state index in [4.69, 9.17) is 4.74 Å². The SMILES string of the molecule is CN1C(=O)C(C2CCCO2)C[C@@H]1Cc1ccccc1. The van der Waals surface area contributed by atoms with Gasteiger partial charge >= 0.3 is 0 Å². The van der Waals surface area contributed by atoms with Crippen LogP contribution in [0.2, 0.25) is 0 Å². The second-order valence-corrected chi connectivity index (χ2v) is 5.69. The summed E-state index contributed by atoms with van der Waals surface area (Å²) in [4.78, 5) is 14.3. The molecule has 0 aliphatic carbocycles. The molecule has 0 aromatic heterocycles. The fourth-order valence-corrected chi connectivity index (χ4v) is 3.33. The molecule has 3 atom stereocenters. The van der Waals surface area contributed by atoms with Crippen molar-refractivity contribution >= 4 is 5.91 Å². The largest absolute Gasteiger partial charge is 0.377 e. The van der Waals surface area contributed by atoms with Gasteiger partial charge in [-0.25, -0.2) is 0 Å². The molecule has 102 valence electrons. The third-order valence-electron chi connectivity index (χ3n) is 4.47. The van der Waals surface area contributed by atoms with Crippen LogP contribution >= 0.6 is 0 Å². The Labute approximate surface area is 114 Å². The van der Waals surface area contributed by atoms with E-state index in [-0.39, 0.29) is 17.9 Å². The molecule has 0 radical (unpaired) electrons. The highest BCUT2D eigenvalue weighted by Crippen LogP contribution is 2.33. The number of carbonyl (C=O) groups excluding carboxylic acids is 1. The first kappa shape index (κ1) is 12.7. The lowest BCUT2D eigenvalue weighted by atomic mass is 9.94. The van der Waals surface area contributed by atoms with Crippen LogP contribution in [-0.4, -0.2) is 36.6 Å². The molecular weight excluding hydrogens is 238 g/mol. The van der Waals surface area contributed by atoms with Crippen molar-refractivity contribution in [2.45, 2.75) is 37.8 Å². The lowest BCUT2D eigenvalue weighted by Crippen LogP contribution is -2.32. The number of nitrogens with zero attached hydrogens (tertiary/aromatic N) is 1. The van der Waals surface area contributed by atoms with Crippen LogP contribution in [-0.2, 0) is 16.0 Å². The van der Waals surface area contributed by atoms with Gasteiger partial charge in [-0.3, -0.25) is 4.79 Å². The van der Waals surface area contributed by atoms with Crippen molar-refractivity contribution in [2.24, 2.45) is 5.92 Å². The topological polar surface area (TPSA) is 29.5 Å². The molecule has 2 unspecified atom stereocenters. The van der Waals surface area contributed by atoms with E-state index in [9.17, 15) is 4.79 Å². The van der Waals surface area contributed by atoms with Crippen molar-refractivity contribution in [1.82, 2.24) is 4.90 Å². The number of hydrogen-bond donors (Lipinski definition) is 0. The van der Waals surface area contributed by atoms with E-state index in [0.717, 1.165) is 32.3 Å². The molecule has 2 aliphatic heterocycles. The molecule has 0 bridgehead atoms. The quantitative estimate of drug-likeness (QED) is 0.833. The third kappa shape index (κ3) is 2.52. The first-order valence-electron chi connectivity index (χ1n) is 7.18. The average Bonchev–Trinajstić information content (AvgIpc) is 3.04. The van der Waals surface area contributed by atoms with E-state index >= 15 is 0 Å². The highest BCUT2D eigenvalue weighted by atomic mass is 16.5. The van der Waals surface area contributed by atoms with Crippen molar-refractivity contribution in [3.8, 4) is 0 Å². The number of carbonyl (C=O) groups is 1. The Bertz CT molecular complexity index is 439. The van der Waals surface area contributed by atoms with E-state index in [1.165, 1.54) is 5.56 Å². The zero-order chi connectivity index (χ0) is 13.2. The van der Waals surface area contributed by atoms with Crippen LogP contribution in [0.1, 0.15) is 24.8 Å². The van der Waals surface area contributed by atoms with Crippen molar-refractivity contribution in [1.29, 1.82) is 0 Å². The van der Waals surface area contributed by atoms with Gasteiger partial charge in [-0.05, 0) is 31.2 Å². The minimum Gasteiger partial charge on any atom is -0.377 e. The van der Waals surface area contributed by atoms with Crippen LogP contribution in [0.5, 0.6) is 0 Å². The van der Waals surface area contributed by atoms with E-state index in [1.807, 2.05) is 18.0 Å². The van der Waals surface area contributed by atoms with Gasteiger partial charge in [0.15, 0.2) is 0 Å². The highest BCUT2D eigenvalue weighted by molar-refractivity contribution is 5.82. The van der Waals surface area contributed by atoms with Gasteiger partial charge in [0, 0.05) is 19.7 Å². The summed E-state index contributed by atoms with van der Waals surface area (Å²) < 4.78 is 5.71. The van der Waals surface area contributed by atoms with E-state index < -0.39 is 0 Å². The summed E-state index contributed by atoms with van der Waals surface area (Å²) in [6, 6.07) is 10.7. The monoisotopic (exact) mass is 259 g/mol. The summed E-state index contributed by atoms with van der Waals surface area (Å²) in [5, 5.41) is 0. The van der Waals surface area contributed by atoms with Gasteiger partial charge in [0.25, 0.3) is 0 Å². The molecule has 0 N–H and O–H groups in total. The van der Waals surface area contributed by atoms with Crippen molar-refractivity contribution in [2.75, 3.05) is 13.7 Å². The maximum Gasteiger partial charge on any atom is 0.228 e. The normalized spacial score (nSPS) is 31.1. The number of benzene rings is 1. The van der Waals surface area contributed by atoms with Crippen LogP contribution in [0.15, 0.2) is 30.3 Å². The Morgan fingerprint density at radius 1 is 1.32 bits per heavy atom. The molecule has 1 aromatic carbocycles. The second-order valence-electron chi connectivity index (χ2n) is 5.69. The van der Waals surface area contributed by atoms with Gasteiger partial charge in [-0.1, -0.05) is 30.3 Å². The van der Waals surface area contributed by atoms with Crippen LogP contribution in [0.4, 0.5) is 0 Å². The smallest absolute Gasteiger partial charge is 0.228 e. The number of likely N-dealkylation sites (tertiary alicyclic amines) is 1. The zero-order valence-electron chi connectivity index (χ0n) is 11.4. The Balaban J connectivity index is 1.68. The number of amides is 1. The molecule has 1 amide bonds. The molecule has 0 saturated carbocycles. The number of rotatable bonds is 3. The molecule has 1 aromatic rings. The van der Waals surface area contributed by atoms with Crippen molar-refractivity contribution < 1.29 is 9.53 Å². The predicted octanol–water partition coefficient (Wildman–Crippen LogP) is 2.25. The molecule has 0 spiro atoms. The average molecular weight is 259 g/mol. The number of likely N-dealkylation sites (N-methyl/N-ethyl adjacent to an activating group) is 1.